The van der Waals surface area contributed by atoms with Crippen LogP contribution in [0.5, 0.6) is 0 Å². The van der Waals surface area contributed by atoms with E-state index in [0.29, 0.717) is 0 Å². The molecule has 96 valence electrons. The maximum atomic E-state index is 5.74. The van der Waals surface area contributed by atoms with Gasteiger partial charge in [0.15, 0.2) is 0 Å². The summed E-state index contributed by atoms with van der Waals surface area (Å²) < 4.78 is 2.13. The van der Waals surface area contributed by atoms with Crippen LogP contribution in [-0.4, -0.2) is 9.38 Å². The Labute approximate surface area is 116 Å². The Hall–Kier alpha value is -2.81. The van der Waals surface area contributed by atoms with Gasteiger partial charge in [-0.25, -0.2) is 4.98 Å². The van der Waals surface area contributed by atoms with Crippen LogP contribution in [0.2, 0.25) is 0 Å². The maximum Gasteiger partial charge on any atom is 0.137 e. The molecule has 0 spiro atoms. The molecule has 2 aromatic heterocycles. The number of benzene rings is 2. The third-order valence-electron chi connectivity index (χ3n) is 3.55. The SMILES string of the molecule is Nc1ccc(-c2ccc3nc4ccccc4n3c2)cc1. The largest absolute Gasteiger partial charge is 0.399 e. The van der Waals surface area contributed by atoms with Gasteiger partial charge in [0.1, 0.15) is 5.65 Å². The van der Waals surface area contributed by atoms with Crippen molar-refractivity contribution in [1.29, 1.82) is 0 Å². The number of rotatable bonds is 1. The average Bonchev–Trinajstić information content (AvgIpc) is 2.86. The molecule has 0 aliphatic carbocycles. The van der Waals surface area contributed by atoms with E-state index in [-0.39, 0.29) is 0 Å². The summed E-state index contributed by atoms with van der Waals surface area (Å²) in [7, 11) is 0. The van der Waals surface area contributed by atoms with E-state index >= 15 is 0 Å². The maximum absolute atomic E-state index is 5.74. The molecule has 20 heavy (non-hydrogen) atoms. The highest BCUT2D eigenvalue weighted by Crippen LogP contribution is 2.23. The van der Waals surface area contributed by atoms with Crippen molar-refractivity contribution in [3.05, 3.63) is 66.9 Å². The van der Waals surface area contributed by atoms with Crippen LogP contribution >= 0.6 is 0 Å². The number of nitrogens with zero attached hydrogens (tertiary/aromatic N) is 2. The van der Waals surface area contributed by atoms with Crippen LogP contribution in [0, 0.1) is 0 Å². The molecule has 0 saturated heterocycles. The number of aromatic nitrogens is 2. The summed E-state index contributed by atoms with van der Waals surface area (Å²) in [6.07, 6.45) is 2.12. The molecule has 0 saturated carbocycles. The highest BCUT2D eigenvalue weighted by Gasteiger charge is 2.05. The number of nitrogens with two attached hydrogens (primary N) is 1. The molecule has 0 aliphatic heterocycles. The van der Waals surface area contributed by atoms with Crippen molar-refractivity contribution in [3.63, 3.8) is 0 Å². The van der Waals surface area contributed by atoms with Crippen molar-refractivity contribution in [2.75, 3.05) is 5.73 Å². The fraction of sp³-hybridized carbons (Fsp3) is 0. The number of nitrogen functional groups attached to an aromatic ring is 1. The highest BCUT2D eigenvalue weighted by atomic mass is 15.0. The molecule has 0 fully saturated rings. The zero-order valence-corrected chi connectivity index (χ0v) is 10.8. The lowest BCUT2D eigenvalue weighted by Crippen LogP contribution is -1.88. The first-order valence-corrected chi connectivity index (χ1v) is 6.54. The number of hydrogen-bond donors (Lipinski definition) is 1. The lowest BCUT2D eigenvalue weighted by atomic mass is 10.1. The molecule has 3 nitrogen and oxygen atoms in total. The summed E-state index contributed by atoms with van der Waals surface area (Å²) in [4.78, 5) is 4.61. The monoisotopic (exact) mass is 259 g/mol. The normalized spacial score (nSPS) is 11.2. The van der Waals surface area contributed by atoms with Gasteiger partial charge >= 0.3 is 0 Å². The van der Waals surface area contributed by atoms with Gasteiger partial charge in [-0.2, -0.15) is 0 Å². The van der Waals surface area contributed by atoms with Gasteiger partial charge in [0.2, 0.25) is 0 Å². The quantitative estimate of drug-likeness (QED) is 0.529. The molecule has 0 aliphatic rings. The first-order chi connectivity index (χ1) is 9.81. The first-order valence-electron chi connectivity index (χ1n) is 6.54. The van der Waals surface area contributed by atoms with Crippen LogP contribution in [-0.2, 0) is 0 Å². The zero-order valence-electron chi connectivity index (χ0n) is 10.8. The van der Waals surface area contributed by atoms with Gasteiger partial charge < -0.3 is 5.73 Å². The van der Waals surface area contributed by atoms with E-state index in [9.17, 15) is 0 Å². The fourth-order valence-corrected chi connectivity index (χ4v) is 2.51. The Morgan fingerprint density at radius 2 is 1.55 bits per heavy atom. The van der Waals surface area contributed by atoms with Crippen LogP contribution < -0.4 is 5.73 Å². The lowest BCUT2D eigenvalue weighted by molar-refractivity contribution is 1.23. The summed E-state index contributed by atoms with van der Waals surface area (Å²) in [5, 5.41) is 0. The molecule has 4 aromatic rings. The Morgan fingerprint density at radius 3 is 2.40 bits per heavy atom. The third-order valence-corrected chi connectivity index (χ3v) is 3.55. The Morgan fingerprint density at radius 1 is 0.800 bits per heavy atom. The van der Waals surface area contributed by atoms with Crippen molar-refractivity contribution >= 4 is 22.4 Å². The second-order valence-corrected chi connectivity index (χ2v) is 4.87. The molecule has 0 unspecified atom stereocenters. The highest BCUT2D eigenvalue weighted by molar-refractivity contribution is 5.81. The standard InChI is InChI=1S/C17H13N3/c18-14-8-5-12(6-9-14)13-7-10-17-19-15-3-1-2-4-16(15)20(17)11-13/h1-11H,18H2. The number of para-hydroxylation sites is 2. The van der Waals surface area contributed by atoms with Crippen molar-refractivity contribution in [2.24, 2.45) is 0 Å². The van der Waals surface area contributed by atoms with Gasteiger partial charge in [-0.1, -0.05) is 24.3 Å². The Balaban J connectivity index is 1.97. The minimum atomic E-state index is 0.780. The van der Waals surface area contributed by atoms with Crippen molar-refractivity contribution in [1.82, 2.24) is 9.38 Å². The van der Waals surface area contributed by atoms with E-state index in [1.54, 1.807) is 0 Å². The number of hydrogen-bond acceptors (Lipinski definition) is 2. The molecular weight excluding hydrogens is 246 g/mol. The summed E-state index contributed by atoms with van der Waals surface area (Å²) in [5.74, 6) is 0. The van der Waals surface area contributed by atoms with Crippen LogP contribution in [0.25, 0.3) is 27.8 Å². The number of pyridine rings is 1. The summed E-state index contributed by atoms with van der Waals surface area (Å²) in [6.45, 7) is 0. The second kappa shape index (κ2) is 4.10. The van der Waals surface area contributed by atoms with Gasteiger partial charge in [-0.3, -0.25) is 4.40 Å². The topological polar surface area (TPSA) is 43.3 Å². The smallest absolute Gasteiger partial charge is 0.137 e. The van der Waals surface area contributed by atoms with Crippen molar-refractivity contribution < 1.29 is 0 Å². The van der Waals surface area contributed by atoms with Crippen molar-refractivity contribution in [2.45, 2.75) is 0 Å². The van der Waals surface area contributed by atoms with E-state index in [1.807, 2.05) is 48.5 Å². The Kier molecular flexibility index (Phi) is 2.27. The van der Waals surface area contributed by atoms with Crippen LogP contribution in [0.3, 0.4) is 0 Å². The summed E-state index contributed by atoms with van der Waals surface area (Å²) in [6, 6.07) is 20.2. The van der Waals surface area contributed by atoms with E-state index in [2.05, 4.69) is 27.7 Å². The summed E-state index contributed by atoms with van der Waals surface area (Å²) >= 11 is 0. The lowest BCUT2D eigenvalue weighted by Gasteiger charge is -2.04. The van der Waals surface area contributed by atoms with Crippen LogP contribution in [0.4, 0.5) is 5.69 Å². The van der Waals surface area contributed by atoms with Gasteiger partial charge in [-0.15, -0.1) is 0 Å². The number of fused-ring (bicyclic) bond motifs is 3. The van der Waals surface area contributed by atoms with E-state index < -0.39 is 0 Å². The van der Waals surface area contributed by atoms with E-state index in [4.69, 9.17) is 5.73 Å². The average molecular weight is 259 g/mol. The van der Waals surface area contributed by atoms with Crippen LogP contribution in [0.1, 0.15) is 0 Å². The third kappa shape index (κ3) is 1.64. The fourth-order valence-electron chi connectivity index (χ4n) is 2.51. The minimum Gasteiger partial charge on any atom is -0.399 e. The second-order valence-electron chi connectivity index (χ2n) is 4.87. The molecule has 3 heteroatoms. The number of imidazole rings is 1. The van der Waals surface area contributed by atoms with E-state index in [0.717, 1.165) is 33.5 Å². The van der Waals surface area contributed by atoms with Gasteiger partial charge in [-0.05, 0) is 47.5 Å². The van der Waals surface area contributed by atoms with Gasteiger partial charge in [0.25, 0.3) is 0 Å². The van der Waals surface area contributed by atoms with E-state index in [1.165, 1.54) is 0 Å². The molecular formula is C17H13N3. The molecule has 2 aromatic carbocycles. The molecule has 0 bridgehead atoms. The predicted molar refractivity (Wildman–Crippen MR) is 82.5 cm³/mol. The van der Waals surface area contributed by atoms with Gasteiger partial charge in [0.05, 0.1) is 11.0 Å². The molecule has 0 amide bonds. The van der Waals surface area contributed by atoms with Gasteiger partial charge in [0, 0.05) is 11.9 Å². The molecule has 0 radical (unpaired) electrons. The molecule has 2 heterocycles. The minimum absolute atomic E-state index is 0.780. The molecule has 0 atom stereocenters. The molecule has 4 rings (SSSR count). The zero-order chi connectivity index (χ0) is 13.5. The predicted octanol–water partition coefficient (Wildman–Crippen LogP) is 3.74. The van der Waals surface area contributed by atoms with Crippen LogP contribution in [0.15, 0.2) is 66.9 Å². The Bertz CT molecular complexity index is 904. The molecule has 2 N–H and O–H groups in total. The van der Waals surface area contributed by atoms with Crippen molar-refractivity contribution in [3.8, 4) is 11.1 Å². The number of anilines is 1. The first kappa shape index (κ1) is 11.1. The summed E-state index contributed by atoms with van der Waals surface area (Å²) in [5.41, 5.74) is 11.9.